The summed E-state index contributed by atoms with van der Waals surface area (Å²) in [6.45, 7) is 5.45. The van der Waals surface area contributed by atoms with Crippen molar-refractivity contribution in [3.05, 3.63) is 0 Å². The highest BCUT2D eigenvalue weighted by Crippen LogP contribution is 2.12. The Balaban J connectivity index is 2.28. The third-order valence-electron chi connectivity index (χ3n) is 3.65. The molecule has 1 aliphatic heterocycles. The van der Waals surface area contributed by atoms with Crippen molar-refractivity contribution < 1.29 is 9.59 Å². The van der Waals surface area contributed by atoms with Crippen molar-refractivity contribution in [2.75, 3.05) is 13.1 Å². The molecule has 0 bridgehead atoms. The van der Waals surface area contributed by atoms with E-state index < -0.39 is 0 Å². The average molecular weight is 269 g/mol. The molecule has 1 heterocycles. The maximum atomic E-state index is 12.0. The van der Waals surface area contributed by atoms with Gasteiger partial charge in [0, 0.05) is 38.0 Å². The van der Waals surface area contributed by atoms with Gasteiger partial charge in [0.2, 0.25) is 11.8 Å². The lowest BCUT2D eigenvalue weighted by molar-refractivity contribution is -0.132. The van der Waals surface area contributed by atoms with E-state index in [1.54, 1.807) is 0 Å². The van der Waals surface area contributed by atoms with Crippen LogP contribution >= 0.6 is 0 Å². The highest BCUT2D eigenvalue weighted by molar-refractivity contribution is 5.77. The van der Waals surface area contributed by atoms with Crippen LogP contribution in [0.4, 0.5) is 0 Å². The minimum atomic E-state index is -0.0329. The van der Waals surface area contributed by atoms with Gasteiger partial charge < -0.3 is 16.0 Å². The van der Waals surface area contributed by atoms with Gasteiger partial charge in [-0.25, -0.2) is 0 Å². The average Bonchev–Trinajstić information content (AvgIpc) is 2.39. The first-order valence-electron chi connectivity index (χ1n) is 7.39. The summed E-state index contributed by atoms with van der Waals surface area (Å²) in [5.41, 5.74) is 5.80. The van der Waals surface area contributed by atoms with Crippen LogP contribution in [-0.2, 0) is 9.59 Å². The molecule has 1 unspecified atom stereocenters. The Labute approximate surface area is 115 Å². The van der Waals surface area contributed by atoms with Crippen LogP contribution in [0.1, 0.15) is 52.4 Å². The molecule has 1 aliphatic rings. The van der Waals surface area contributed by atoms with Crippen LogP contribution < -0.4 is 11.1 Å². The summed E-state index contributed by atoms with van der Waals surface area (Å²) in [7, 11) is 0. The van der Waals surface area contributed by atoms with Gasteiger partial charge in [0.1, 0.15) is 0 Å². The fourth-order valence-electron chi connectivity index (χ4n) is 2.30. The number of nitrogens with one attached hydrogen (secondary N) is 1. The smallest absolute Gasteiger partial charge is 0.224 e. The third kappa shape index (κ3) is 5.59. The van der Waals surface area contributed by atoms with E-state index in [2.05, 4.69) is 5.32 Å². The van der Waals surface area contributed by atoms with Crippen molar-refractivity contribution in [3.63, 3.8) is 0 Å². The van der Waals surface area contributed by atoms with Gasteiger partial charge in [0.15, 0.2) is 0 Å². The molecule has 1 rings (SSSR count). The molecule has 0 saturated carbocycles. The molecule has 0 aromatic heterocycles. The van der Waals surface area contributed by atoms with Crippen molar-refractivity contribution in [2.45, 2.75) is 64.5 Å². The van der Waals surface area contributed by atoms with Gasteiger partial charge in [0.25, 0.3) is 0 Å². The summed E-state index contributed by atoms with van der Waals surface area (Å²) in [5, 5.41) is 3.03. The van der Waals surface area contributed by atoms with E-state index in [0.29, 0.717) is 12.8 Å². The lowest BCUT2D eigenvalue weighted by atomic mass is 10.0. The minimum Gasteiger partial charge on any atom is -0.353 e. The summed E-state index contributed by atoms with van der Waals surface area (Å²) in [6.07, 6.45) is 4.42. The van der Waals surface area contributed by atoms with E-state index >= 15 is 0 Å². The van der Waals surface area contributed by atoms with Gasteiger partial charge in [0.05, 0.1) is 0 Å². The van der Waals surface area contributed by atoms with Gasteiger partial charge in [-0.15, -0.1) is 0 Å². The Morgan fingerprint density at radius 3 is 2.47 bits per heavy atom. The molecule has 0 aromatic carbocycles. The molecule has 0 radical (unpaired) electrons. The van der Waals surface area contributed by atoms with Gasteiger partial charge in [-0.3, -0.25) is 9.59 Å². The largest absolute Gasteiger partial charge is 0.353 e. The molecular formula is C14H27N3O2. The zero-order valence-corrected chi connectivity index (χ0v) is 12.2. The highest BCUT2D eigenvalue weighted by atomic mass is 16.2. The molecule has 1 saturated heterocycles. The van der Waals surface area contributed by atoms with Crippen LogP contribution in [0.3, 0.4) is 0 Å². The topological polar surface area (TPSA) is 75.4 Å². The molecule has 110 valence electrons. The number of carbonyl (C=O) groups is 2. The van der Waals surface area contributed by atoms with Crippen LogP contribution in [0.2, 0.25) is 0 Å². The van der Waals surface area contributed by atoms with E-state index in [0.717, 1.165) is 38.8 Å². The predicted molar refractivity (Wildman–Crippen MR) is 75.5 cm³/mol. The fourth-order valence-corrected chi connectivity index (χ4v) is 2.30. The highest BCUT2D eigenvalue weighted by Gasteiger charge is 2.24. The first-order chi connectivity index (χ1) is 9.06. The Hall–Kier alpha value is -1.10. The number of hydrogen-bond donors (Lipinski definition) is 2. The van der Waals surface area contributed by atoms with Crippen molar-refractivity contribution >= 4 is 11.8 Å². The van der Waals surface area contributed by atoms with Gasteiger partial charge in [-0.05, 0) is 25.7 Å². The fraction of sp³-hybridized carbons (Fsp3) is 0.857. The number of hydrogen-bond acceptors (Lipinski definition) is 3. The summed E-state index contributed by atoms with van der Waals surface area (Å²) < 4.78 is 0. The van der Waals surface area contributed by atoms with Gasteiger partial charge in [-0.1, -0.05) is 13.8 Å². The van der Waals surface area contributed by atoms with Crippen LogP contribution in [0, 0.1) is 0 Å². The first kappa shape index (κ1) is 16.0. The normalized spacial score (nSPS) is 18.2. The molecular weight excluding hydrogens is 242 g/mol. The number of nitrogens with two attached hydrogens (primary N) is 1. The Kier molecular flexibility index (Phi) is 6.84. The first-order valence-corrected chi connectivity index (χ1v) is 7.39. The third-order valence-corrected chi connectivity index (χ3v) is 3.65. The molecule has 1 fully saturated rings. The summed E-state index contributed by atoms with van der Waals surface area (Å²) >= 11 is 0. The molecule has 1 atom stereocenters. The lowest BCUT2D eigenvalue weighted by Crippen LogP contribution is -2.47. The minimum absolute atomic E-state index is 0.0329. The number of amides is 2. The number of carbonyl (C=O) groups excluding carboxylic acids is 2. The second-order valence-corrected chi connectivity index (χ2v) is 5.35. The van der Waals surface area contributed by atoms with E-state index in [1.807, 2.05) is 18.7 Å². The summed E-state index contributed by atoms with van der Waals surface area (Å²) in [5.74, 6) is 0.271. The SMILES string of the molecule is CCCC(=O)NC1CCN(C(=O)CC(N)CC)CC1. The molecule has 2 amide bonds. The van der Waals surface area contributed by atoms with Gasteiger partial charge in [-0.2, -0.15) is 0 Å². The van der Waals surface area contributed by atoms with Crippen molar-refractivity contribution in [3.8, 4) is 0 Å². The van der Waals surface area contributed by atoms with Crippen LogP contribution in [0.15, 0.2) is 0 Å². The van der Waals surface area contributed by atoms with E-state index in [1.165, 1.54) is 0 Å². The Morgan fingerprint density at radius 2 is 1.95 bits per heavy atom. The van der Waals surface area contributed by atoms with Crippen molar-refractivity contribution in [1.29, 1.82) is 0 Å². The molecule has 0 aromatic rings. The summed E-state index contributed by atoms with van der Waals surface area (Å²) in [4.78, 5) is 25.3. The van der Waals surface area contributed by atoms with Crippen LogP contribution in [0.25, 0.3) is 0 Å². The molecule has 0 spiro atoms. The Bertz CT molecular complexity index is 299. The molecule has 5 nitrogen and oxygen atoms in total. The summed E-state index contributed by atoms with van der Waals surface area (Å²) in [6, 6.07) is 0.192. The monoisotopic (exact) mass is 269 g/mol. The number of piperidine rings is 1. The lowest BCUT2D eigenvalue weighted by Gasteiger charge is -2.33. The van der Waals surface area contributed by atoms with Crippen LogP contribution in [-0.4, -0.2) is 41.9 Å². The van der Waals surface area contributed by atoms with Crippen molar-refractivity contribution in [1.82, 2.24) is 10.2 Å². The van der Waals surface area contributed by atoms with Crippen LogP contribution in [0.5, 0.6) is 0 Å². The van der Waals surface area contributed by atoms with E-state index in [9.17, 15) is 9.59 Å². The van der Waals surface area contributed by atoms with Gasteiger partial charge >= 0.3 is 0 Å². The van der Waals surface area contributed by atoms with Crippen molar-refractivity contribution in [2.24, 2.45) is 5.73 Å². The number of nitrogens with zero attached hydrogens (tertiary/aromatic N) is 1. The number of rotatable bonds is 6. The second-order valence-electron chi connectivity index (χ2n) is 5.35. The quantitative estimate of drug-likeness (QED) is 0.756. The van der Waals surface area contributed by atoms with E-state index in [4.69, 9.17) is 5.73 Å². The zero-order chi connectivity index (χ0) is 14.3. The maximum Gasteiger partial charge on any atom is 0.224 e. The molecule has 0 aliphatic carbocycles. The van der Waals surface area contributed by atoms with E-state index in [-0.39, 0.29) is 23.9 Å². The molecule has 5 heteroatoms. The number of likely N-dealkylation sites (tertiary alicyclic amines) is 1. The zero-order valence-electron chi connectivity index (χ0n) is 12.2. The molecule has 3 N–H and O–H groups in total. The Morgan fingerprint density at radius 1 is 1.32 bits per heavy atom. The predicted octanol–water partition coefficient (Wildman–Crippen LogP) is 1.02. The maximum absolute atomic E-state index is 12.0. The standard InChI is InChI=1S/C14H27N3O2/c1-3-5-13(18)16-12-6-8-17(9-7-12)14(19)10-11(15)4-2/h11-12H,3-10,15H2,1-2H3,(H,16,18). The second kappa shape index (κ2) is 8.15. The molecule has 19 heavy (non-hydrogen) atoms.